The highest BCUT2D eigenvalue weighted by atomic mass is 79.9. The number of rotatable bonds is 2. The van der Waals surface area contributed by atoms with Gasteiger partial charge in [-0.15, -0.1) is 0 Å². The highest BCUT2D eigenvalue weighted by molar-refractivity contribution is 9.10. The van der Waals surface area contributed by atoms with Gasteiger partial charge in [0.2, 0.25) is 0 Å². The zero-order valence-corrected chi connectivity index (χ0v) is 10.8. The summed E-state index contributed by atoms with van der Waals surface area (Å²) in [5.74, 6) is 0. The summed E-state index contributed by atoms with van der Waals surface area (Å²) in [5, 5.41) is 12.1. The van der Waals surface area contributed by atoms with Crippen molar-refractivity contribution in [2.45, 2.75) is 6.92 Å². The molecular weight excluding hydrogens is 278 g/mol. The second kappa shape index (κ2) is 4.98. The molecule has 0 spiro atoms. The number of anilines is 2. The van der Waals surface area contributed by atoms with Crippen LogP contribution in [0.25, 0.3) is 0 Å². The number of nitriles is 1. The largest absolute Gasteiger partial charge is 0.353 e. The monoisotopic (exact) mass is 287 g/mol. The molecule has 1 aromatic heterocycles. The van der Waals surface area contributed by atoms with Gasteiger partial charge < -0.3 is 5.32 Å². The number of pyridine rings is 1. The lowest BCUT2D eigenvalue weighted by Crippen LogP contribution is -1.95. The fraction of sp³-hybridized carbons (Fsp3) is 0.0769. The first kappa shape index (κ1) is 11.6. The summed E-state index contributed by atoms with van der Waals surface area (Å²) in [4.78, 5) is 4.00. The van der Waals surface area contributed by atoms with Gasteiger partial charge in [-0.3, -0.25) is 0 Å². The van der Waals surface area contributed by atoms with Crippen molar-refractivity contribution in [3.05, 3.63) is 52.3 Å². The number of aryl methyl sites for hydroxylation is 1. The summed E-state index contributed by atoms with van der Waals surface area (Å²) in [7, 11) is 0. The summed E-state index contributed by atoms with van der Waals surface area (Å²) >= 11 is 3.44. The van der Waals surface area contributed by atoms with Crippen molar-refractivity contribution < 1.29 is 0 Å². The van der Waals surface area contributed by atoms with Crippen molar-refractivity contribution in [1.29, 1.82) is 5.26 Å². The Hall–Kier alpha value is -1.86. The first-order valence-corrected chi connectivity index (χ1v) is 5.87. The summed E-state index contributed by atoms with van der Waals surface area (Å²) < 4.78 is 1.00. The SMILES string of the molecule is Cc1cc(Br)cc(Nc2cccnc2C#N)c1. The molecule has 2 rings (SSSR count). The Labute approximate surface area is 108 Å². The number of aromatic nitrogens is 1. The maximum atomic E-state index is 8.94. The summed E-state index contributed by atoms with van der Waals surface area (Å²) in [5.41, 5.74) is 3.18. The van der Waals surface area contributed by atoms with Crippen LogP contribution in [0.15, 0.2) is 41.0 Å². The molecule has 1 N–H and O–H groups in total. The van der Waals surface area contributed by atoms with E-state index in [9.17, 15) is 0 Å². The maximum Gasteiger partial charge on any atom is 0.163 e. The van der Waals surface area contributed by atoms with Crippen LogP contribution in [0.5, 0.6) is 0 Å². The van der Waals surface area contributed by atoms with Gasteiger partial charge >= 0.3 is 0 Å². The highest BCUT2D eigenvalue weighted by Crippen LogP contribution is 2.23. The van der Waals surface area contributed by atoms with Crippen molar-refractivity contribution in [3.8, 4) is 6.07 Å². The Morgan fingerprint density at radius 1 is 1.35 bits per heavy atom. The molecule has 1 aromatic carbocycles. The van der Waals surface area contributed by atoms with Crippen LogP contribution in [0.4, 0.5) is 11.4 Å². The standard InChI is InChI=1S/C13H10BrN3/c1-9-5-10(14)7-11(6-9)17-12-3-2-4-16-13(12)8-15/h2-7,17H,1H3. The Bertz CT molecular complexity index is 567. The van der Waals surface area contributed by atoms with Crippen LogP contribution >= 0.6 is 15.9 Å². The van der Waals surface area contributed by atoms with Crippen molar-refractivity contribution in [2.24, 2.45) is 0 Å². The van der Waals surface area contributed by atoms with Crippen LogP contribution < -0.4 is 5.32 Å². The van der Waals surface area contributed by atoms with Crippen LogP contribution in [0, 0.1) is 18.3 Å². The molecule has 0 aliphatic heterocycles. The predicted octanol–water partition coefficient (Wildman–Crippen LogP) is 3.77. The van der Waals surface area contributed by atoms with Crippen molar-refractivity contribution in [1.82, 2.24) is 4.98 Å². The van der Waals surface area contributed by atoms with Crippen LogP contribution in [0.2, 0.25) is 0 Å². The molecule has 0 unspecified atom stereocenters. The first-order valence-electron chi connectivity index (χ1n) is 5.08. The third-order valence-electron chi connectivity index (χ3n) is 2.23. The number of benzene rings is 1. The number of nitrogens with one attached hydrogen (secondary N) is 1. The van der Waals surface area contributed by atoms with Gasteiger partial charge in [-0.05, 0) is 42.8 Å². The fourth-order valence-corrected chi connectivity index (χ4v) is 2.17. The molecule has 0 saturated heterocycles. The average molecular weight is 288 g/mol. The maximum absolute atomic E-state index is 8.94. The fourth-order valence-electron chi connectivity index (χ4n) is 1.56. The van der Waals surface area contributed by atoms with Crippen LogP contribution in [0.3, 0.4) is 0 Å². The quantitative estimate of drug-likeness (QED) is 0.915. The minimum absolute atomic E-state index is 0.394. The molecule has 0 saturated carbocycles. The molecule has 0 amide bonds. The van der Waals surface area contributed by atoms with Gasteiger partial charge in [-0.25, -0.2) is 4.98 Å². The highest BCUT2D eigenvalue weighted by Gasteiger charge is 2.03. The molecule has 1 heterocycles. The van der Waals surface area contributed by atoms with E-state index in [0.717, 1.165) is 15.7 Å². The molecule has 2 aromatic rings. The number of hydrogen-bond donors (Lipinski definition) is 1. The van der Waals surface area contributed by atoms with Gasteiger partial charge in [0.1, 0.15) is 6.07 Å². The zero-order valence-electron chi connectivity index (χ0n) is 9.24. The summed E-state index contributed by atoms with van der Waals surface area (Å²) in [6.45, 7) is 2.02. The molecule has 0 atom stereocenters. The molecule has 3 nitrogen and oxygen atoms in total. The number of nitrogens with zero attached hydrogens (tertiary/aromatic N) is 2. The lowest BCUT2D eigenvalue weighted by atomic mass is 10.2. The molecule has 0 fully saturated rings. The normalized spacial score (nSPS) is 9.71. The van der Waals surface area contributed by atoms with Gasteiger partial charge in [-0.2, -0.15) is 5.26 Å². The Balaban J connectivity index is 2.35. The second-order valence-electron chi connectivity index (χ2n) is 3.65. The minimum Gasteiger partial charge on any atom is -0.353 e. The van der Waals surface area contributed by atoms with Crippen molar-refractivity contribution in [3.63, 3.8) is 0 Å². The third-order valence-corrected chi connectivity index (χ3v) is 2.69. The van der Waals surface area contributed by atoms with Crippen molar-refractivity contribution in [2.75, 3.05) is 5.32 Å². The van der Waals surface area contributed by atoms with Gasteiger partial charge in [0.25, 0.3) is 0 Å². The van der Waals surface area contributed by atoms with E-state index >= 15 is 0 Å². The Morgan fingerprint density at radius 2 is 2.18 bits per heavy atom. The van der Waals surface area contributed by atoms with Crippen LogP contribution in [-0.2, 0) is 0 Å². The molecule has 0 bridgehead atoms. The van der Waals surface area contributed by atoms with E-state index in [1.165, 1.54) is 0 Å². The molecule has 84 valence electrons. The smallest absolute Gasteiger partial charge is 0.163 e. The molecule has 17 heavy (non-hydrogen) atoms. The molecule has 0 aliphatic carbocycles. The second-order valence-corrected chi connectivity index (χ2v) is 4.57. The summed E-state index contributed by atoms with van der Waals surface area (Å²) in [6, 6.07) is 11.7. The Kier molecular flexibility index (Phi) is 3.40. The first-order chi connectivity index (χ1) is 8.19. The lowest BCUT2D eigenvalue weighted by Gasteiger charge is -2.08. The van der Waals surface area contributed by atoms with Crippen molar-refractivity contribution >= 4 is 27.3 Å². The van der Waals surface area contributed by atoms with E-state index in [2.05, 4.69) is 32.3 Å². The molecule has 0 aliphatic rings. The van der Waals surface area contributed by atoms with Gasteiger partial charge in [0.05, 0.1) is 5.69 Å². The van der Waals surface area contributed by atoms with E-state index < -0.39 is 0 Å². The van der Waals surface area contributed by atoms with Gasteiger partial charge in [0, 0.05) is 16.4 Å². The van der Waals surface area contributed by atoms with Crippen LogP contribution in [0.1, 0.15) is 11.3 Å². The average Bonchev–Trinajstić information content (AvgIpc) is 2.28. The number of hydrogen-bond acceptors (Lipinski definition) is 3. The van der Waals surface area contributed by atoms with E-state index in [-0.39, 0.29) is 0 Å². The van der Waals surface area contributed by atoms with E-state index in [1.54, 1.807) is 12.3 Å². The van der Waals surface area contributed by atoms with Crippen LogP contribution in [-0.4, -0.2) is 4.98 Å². The minimum atomic E-state index is 0.394. The molecule has 0 radical (unpaired) electrons. The molecular formula is C13H10BrN3. The number of halogens is 1. The topological polar surface area (TPSA) is 48.7 Å². The van der Waals surface area contributed by atoms with Gasteiger partial charge in [-0.1, -0.05) is 15.9 Å². The third kappa shape index (κ3) is 2.83. The predicted molar refractivity (Wildman–Crippen MR) is 71.1 cm³/mol. The molecule has 4 heteroatoms. The lowest BCUT2D eigenvalue weighted by molar-refractivity contribution is 1.26. The van der Waals surface area contributed by atoms with E-state index in [1.807, 2.05) is 31.2 Å². The van der Waals surface area contributed by atoms with Gasteiger partial charge in [0.15, 0.2) is 5.69 Å². The van der Waals surface area contributed by atoms with E-state index in [4.69, 9.17) is 5.26 Å². The summed E-state index contributed by atoms with van der Waals surface area (Å²) in [6.07, 6.45) is 1.61. The van der Waals surface area contributed by atoms with E-state index in [0.29, 0.717) is 11.4 Å². The Morgan fingerprint density at radius 3 is 2.88 bits per heavy atom. The zero-order chi connectivity index (χ0) is 12.3.